The second kappa shape index (κ2) is 7.29. The summed E-state index contributed by atoms with van der Waals surface area (Å²) in [7, 11) is 0. The minimum atomic E-state index is -0.261. The molecular weight excluding hydrogens is 332 g/mol. The Bertz CT molecular complexity index is 695. The Morgan fingerprint density at radius 1 is 1.54 bits per heavy atom. The molecule has 2 aromatic rings. The number of amides is 1. The Balaban J connectivity index is 1.63. The molecule has 9 heteroatoms. The van der Waals surface area contributed by atoms with Crippen molar-refractivity contribution < 1.29 is 18.8 Å². The number of anilines is 1. The molecule has 0 radical (unpaired) electrons. The van der Waals surface area contributed by atoms with Crippen LogP contribution in [0.3, 0.4) is 0 Å². The van der Waals surface area contributed by atoms with Crippen molar-refractivity contribution in [2.24, 2.45) is 0 Å². The van der Waals surface area contributed by atoms with E-state index < -0.39 is 0 Å². The zero-order valence-electron chi connectivity index (χ0n) is 13.6. The van der Waals surface area contributed by atoms with Crippen LogP contribution in [0, 0.1) is 13.8 Å². The number of nitrogens with two attached hydrogens (primary N) is 1. The van der Waals surface area contributed by atoms with Crippen LogP contribution in [0.15, 0.2) is 9.90 Å². The van der Waals surface area contributed by atoms with Gasteiger partial charge in [-0.3, -0.25) is 4.79 Å². The highest BCUT2D eigenvalue weighted by Crippen LogP contribution is 2.19. The number of ether oxygens (including phenoxy) is 2. The summed E-state index contributed by atoms with van der Waals surface area (Å²) < 4.78 is 20.5. The maximum absolute atomic E-state index is 12.3. The first-order valence-corrected chi connectivity index (χ1v) is 8.51. The smallest absolute Gasteiger partial charge is 0.256 e. The Hall–Kier alpha value is -1.97. The molecule has 0 aromatic carbocycles. The fraction of sp³-hybridized carbons (Fsp3) is 0.533. The summed E-state index contributed by atoms with van der Waals surface area (Å²) in [6.45, 7) is 5.12. The van der Waals surface area contributed by atoms with Crippen molar-refractivity contribution >= 4 is 23.3 Å². The van der Waals surface area contributed by atoms with Crippen molar-refractivity contribution in [3.8, 4) is 0 Å². The summed E-state index contributed by atoms with van der Waals surface area (Å²) in [5.41, 5.74) is 7.84. The van der Waals surface area contributed by atoms with Crippen molar-refractivity contribution in [3.63, 3.8) is 0 Å². The quantitative estimate of drug-likeness (QED) is 0.837. The van der Waals surface area contributed by atoms with E-state index in [1.807, 2.05) is 13.8 Å². The van der Waals surface area contributed by atoms with Gasteiger partial charge < -0.3 is 25.0 Å². The van der Waals surface area contributed by atoms with Gasteiger partial charge in [0, 0.05) is 17.6 Å². The molecule has 1 fully saturated rings. The highest BCUT2D eigenvalue weighted by molar-refractivity contribution is 7.04. The number of nitrogen functional groups attached to an aromatic ring is 1. The predicted octanol–water partition coefficient (Wildman–Crippen LogP) is 1.43. The SMILES string of the molecule is Cc1noc(C)c1CO[C@H]1CCOC[C@H]1NC(=O)c1csnc1N. The Morgan fingerprint density at radius 2 is 2.38 bits per heavy atom. The van der Waals surface area contributed by atoms with Crippen LogP contribution in [0.1, 0.15) is 33.8 Å². The van der Waals surface area contributed by atoms with E-state index in [1.54, 1.807) is 5.38 Å². The molecule has 0 aliphatic carbocycles. The van der Waals surface area contributed by atoms with Crippen LogP contribution in [0.2, 0.25) is 0 Å². The van der Waals surface area contributed by atoms with Gasteiger partial charge in [0.15, 0.2) is 0 Å². The molecule has 3 N–H and O–H groups in total. The van der Waals surface area contributed by atoms with Gasteiger partial charge in [0.2, 0.25) is 0 Å². The molecule has 0 spiro atoms. The van der Waals surface area contributed by atoms with Crippen molar-refractivity contribution in [2.45, 2.75) is 39.0 Å². The first-order valence-electron chi connectivity index (χ1n) is 7.68. The van der Waals surface area contributed by atoms with E-state index in [9.17, 15) is 4.79 Å². The van der Waals surface area contributed by atoms with E-state index in [0.717, 1.165) is 28.6 Å². The lowest BCUT2D eigenvalue weighted by atomic mass is 10.1. The van der Waals surface area contributed by atoms with Crippen LogP contribution >= 0.6 is 11.5 Å². The molecular formula is C15H20N4O4S. The first-order chi connectivity index (χ1) is 11.6. The number of carbonyl (C=O) groups excluding carboxylic acids is 1. The van der Waals surface area contributed by atoms with Gasteiger partial charge in [-0.05, 0) is 31.8 Å². The van der Waals surface area contributed by atoms with E-state index in [-0.39, 0.29) is 23.9 Å². The average molecular weight is 352 g/mol. The molecule has 0 saturated carbocycles. The van der Waals surface area contributed by atoms with Gasteiger partial charge in [0.05, 0.1) is 36.6 Å². The molecule has 8 nitrogen and oxygen atoms in total. The van der Waals surface area contributed by atoms with E-state index >= 15 is 0 Å². The highest BCUT2D eigenvalue weighted by Gasteiger charge is 2.29. The first kappa shape index (κ1) is 16.9. The van der Waals surface area contributed by atoms with Crippen LogP contribution < -0.4 is 11.1 Å². The van der Waals surface area contributed by atoms with Gasteiger partial charge in [0.25, 0.3) is 5.91 Å². The predicted molar refractivity (Wildman–Crippen MR) is 87.8 cm³/mol. The Kier molecular flexibility index (Phi) is 5.12. The summed E-state index contributed by atoms with van der Waals surface area (Å²) in [4.78, 5) is 12.3. The maximum Gasteiger partial charge on any atom is 0.256 e. The molecule has 2 atom stereocenters. The molecule has 3 rings (SSSR count). The number of aromatic nitrogens is 2. The molecule has 1 aliphatic rings. The van der Waals surface area contributed by atoms with E-state index in [2.05, 4.69) is 14.8 Å². The zero-order valence-corrected chi connectivity index (χ0v) is 14.4. The second-order valence-corrected chi connectivity index (χ2v) is 6.34. The van der Waals surface area contributed by atoms with Gasteiger partial charge in [-0.2, -0.15) is 4.37 Å². The molecule has 1 amide bonds. The average Bonchev–Trinajstić information content (AvgIpc) is 3.13. The third-order valence-corrected chi connectivity index (χ3v) is 4.72. The molecule has 130 valence electrons. The van der Waals surface area contributed by atoms with Crippen molar-refractivity contribution in [3.05, 3.63) is 28.0 Å². The molecule has 24 heavy (non-hydrogen) atoms. The largest absolute Gasteiger partial charge is 0.382 e. The van der Waals surface area contributed by atoms with Gasteiger partial charge in [-0.1, -0.05) is 5.16 Å². The molecule has 0 unspecified atom stereocenters. The Labute approximate surface area is 143 Å². The minimum absolute atomic E-state index is 0.149. The minimum Gasteiger partial charge on any atom is -0.382 e. The normalized spacial score (nSPS) is 20.9. The third kappa shape index (κ3) is 3.58. The molecule has 1 aliphatic heterocycles. The summed E-state index contributed by atoms with van der Waals surface area (Å²) in [6.07, 6.45) is 0.551. The van der Waals surface area contributed by atoms with Crippen LogP contribution in [0.25, 0.3) is 0 Å². The molecule has 3 heterocycles. The van der Waals surface area contributed by atoms with Crippen LogP contribution in [-0.4, -0.2) is 40.8 Å². The molecule has 1 saturated heterocycles. The number of aryl methyl sites for hydroxylation is 2. The van der Waals surface area contributed by atoms with E-state index in [0.29, 0.717) is 31.8 Å². The summed E-state index contributed by atoms with van der Waals surface area (Å²) >= 11 is 1.15. The van der Waals surface area contributed by atoms with Crippen molar-refractivity contribution in [2.75, 3.05) is 18.9 Å². The fourth-order valence-corrected chi connectivity index (χ4v) is 3.21. The standard InChI is InChI=1S/C15H20N4O4S/c1-8-10(9(2)23-18-8)5-22-13-3-4-21-6-12(13)17-15(20)11-7-24-19-14(11)16/h7,12-13H,3-6H2,1-2H3,(H2,16,19)(H,17,20)/t12-,13+/m1/s1. The van der Waals surface area contributed by atoms with Gasteiger partial charge in [-0.15, -0.1) is 0 Å². The summed E-state index contributed by atoms with van der Waals surface area (Å²) in [6, 6.07) is -0.244. The topological polar surface area (TPSA) is 112 Å². The van der Waals surface area contributed by atoms with Gasteiger partial charge in [-0.25, -0.2) is 0 Å². The second-order valence-electron chi connectivity index (χ2n) is 5.71. The summed E-state index contributed by atoms with van der Waals surface area (Å²) in [5.74, 6) is 0.724. The lowest BCUT2D eigenvalue weighted by Gasteiger charge is -2.32. The van der Waals surface area contributed by atoms with Gasteiger partial charge in [0.1, 0.15) is 11.6 Å². The Morgan fingerprint density at radius 3 is 3.04 bits per heavy atom. The van der Waals surface area contributed by atoms with Crippen molar-refractivity contribution in [1.29, 1.82) is 0 Å². The summed E-state index contributed by atoms with van der Waals surface area (Å²) in [5, 5.41) is 8.48. The number of carbonyl (C=O) groups is 1. The maximum atomic E-state index is 12.3. The highest BCUT2D eigenvalue weighted by atomic mass is 32.1. The van der Waals surface area contributed by atoms with Crippen LogP contribution in [0.5, 0.6) is 0 Å². The third-order valence-electron chi connectivity index (χ3n) is 4.07. The van der Waals surface area contributed by atoms with E-state index in [1.165, 1.54) is 0 Å². The molecule has 2 aromatic heterocycles. The lowest BCUT2D eigenvalue weighted by molar-refractivity contribution is -0.0608. The lowest BCUT2D eigenvalue weighted by Crippen LogP contribution is -2.50. The zero-order chi connectivity index (χ0) is 17.1. The number of nitrogens with zero attached hydrogens (tertiary/aromatic N) is 2. The monoisotopic (exact) mass is 352 g/mol. The van der Waals surface area contributed by atoms with Crippen molar-refractivity contribution in [1.82, 2.24) is 14.8 Å². The van der Waals surface area contributed by atoms with E-state index in [4.69, 9.17) is 19.7 Å². The van der Waals surface area contributed by atoms with Gasteiger partial charge >= 0.3 is 0 Å². The van der Waals surface area contributed by atoms with Crippen LogP contribution in [-0.2, 0) is 16.1 Å². The fourth-order valence-electron chi connectivity index (χ4n) is 2.61. The number of hydrogen-bond acceptors (Lipinski definition) is 8. The molecule has 0 bridgehead atoms. The van der Waals surface area contributed by atoms with Crippen LogP contribution in [0.4, 0.5) is 5.82 Å². The number of nitrogens with one attached hydrogen (secondary N) is 1. The number of hydrogen-bond donors (Lipinski definition) is 2. The number of rotatable bonds is 5.